The number of nitrogens with zero attached hydrogens (tertiary/aromatic N) is 3. The molecule has 0 amide bonds. The number of hydrogen-bond acceptors (Lipinski definition) is 7. The van der Waals surface area contributed by atoms with Crippen molar-refractivity contribution in [3.05, 3.63) is 36.3 Å². The quantitative estimate of drug-likeness (QED) is 0.580. The van der Waals surface area contributed by atoms with Crippen LogP contribution in [0.25, 0.3) is 16.9 Å². The van der Waals surface area contributed by atoms with E-state index in [0.29, 0.717) is 0 Å². The minimum absolute atomic E-state index is 0.00493. The molecule has 0 aliphatic rings. The van der Waals surface area contributed by atoms with Crippen LogP contribution in [0.4, 0.5) is 14.6 Å². The van der Waals surface area contributed by atoms with Crippen molar-refractivity contribution >= 4 is 21.3 Å². The Morgan fingerprint density at radius 2 is 2.00 bits per heavy atom. The molecule has 0 spiro atoms. The Balaban J connectivity index is 2.30. The zero-order chi connectivity index (χ0) is 21.6. The van der Waals surface area contributed by atoms with E-state index in [1.165, 1.54) is 43.8 Å². The summed E-state index contributed by atoms with van der Waals surface area (Å²) in [6, 6.07) is 2.25. The number of pyridine rings is 2. The van der Waals surface area contributed by atoms with E-state index in [4.69, 9.17) is 10.5 Å². The first-order valence-electron chi connectivity index (χ1n) is 8.56. The van der Waals surface area contributed by atoms with Crippen LogP contribution in [0.3, 0.4) is 0 Å². The predicted molar refractivity (Wildman–Crippen MR) is 102 cm³/mol. The molecule has 0 atom stereocenters. The van der Waals surface area contributed by atoms with Crippen molar-refractivity contribution in [3.63, 3.8) is 0 Å². The second-order valence-electron chi connectivity index (χ2n) is 7.01. The van der Waals surface area contributed by atoms with Gasteiger partial charge in [0.2, 0.25) is 5.95 Å². The van der Waals surface area contributed by atoms with E-state index in [1.807, 2.05) is 0 Å². The largest absolute Gasteiger partial charge is 0.495 e. The number of sulfone groups is 1. The summed E-state index contributed by atoms with van der Waals surface area (Å²) in [5.74, 6) is -2.48. The number of hydrogen-bond donors (Lipinski definition) is 2. The summed E-state index contributed by atoms with van der Waals surface area (Å²) in [4.78, 5) is 7.28. The fraction of sp³-hybridized carbons (Fsp3) is 0.333. The maximum absolute atomic E-state index is 14.3. The van der Waals surface area contributed by atoms with E-state index in [0.717, 1.165) is 6.07 Å². The minimum Gasteiger partial charge on any atom is -0.495 e. The Hall–Kier alpha value is -2.79. The number of nitrogens with two attached hydrogens (primary N) is 1. The van der Waals surface area contributed by atoms with Crippen LogP contribution in [0, 0.1) is 11.8 Å². The smallest absolute Gasteiger partial charge is 0.224 e. The third-order valence-electron chi connectivity index (χ3n) is 4.76. The molecule has 3 aromatic rings. The summed E-state index contributed by atoms with van der Waals surface area (Å²) in [6.45, 7) is 2.64. The second kappa shape index (κ2) is 7.23. The van der Waals surface area contributed by atoms with Gasteiger partial charge in [0.15, 0.2) is 21.5 Å². The van der Waals surface area contributed by atoms with Gasteiger partial charge in [-0.3, -0.25) is 4.40 Å². The Kier molecular flexibility index (Phi) is 5.22. The second-order valence-corrected chi connectivity index (χ2v) is 9.56. The third-order valence-corrected chi connectivity index (χ3v) is 7.30. The highest BCUT2D eigenvalue weighted by atomic mass is 32.2. The van der Waals surface area contributed by atoms with Crippen molar-refractivity contribution < 1.29 is 27.0 Å². The number of anilines is 1. The Bertz CT molecular complexity index is 1190. The molecule has 0 aliphatic heterocycles. The molecule has 0 aromatic carbocycles. The summed E-state index contributed by atoms with van der Waals surface area (Å²) < 4.78 is 59.8. The van der Waals surface area contributed by atoms with Gasteiger partial charge in [0, 0.05) is 18.9 Å². The molecule has 11 heteroatoms. The summed E-state index contributed by atoms with van der Waals surface area (Å²) >= 11 is 0. The Labute approximate surface area is 165 Å². The van der Waals surface area contributed by atoms with Crippen molar-refractivity contribution in [1.29, 1.82) is 0 Å². The molecule has 0 saturated carbocycles. The Morgan fingerprint density at radius 3 is 2.62 bits per heavy atom. The number of fused-ring (bicyclic) bond motifs is 1. The lowest BCUT2D eigenvalue weighted by Gasteiger charge is -2.25. The number of nitrogen functional groups attached to an aromatic ring is 1. The van der Waals surface area contributed by atoms with Gasteiger partial charge in [-0.2, -0.15) is 9.37 Å². The van der Waals surface area contributed by atoms with Crippen molar-refractivity contribution in [2.75, 3.05) is 19.5 Å². The van der Waals surface area contributed by atoms with E-state index < -0.39 is 32.2 Å². The molecular weight excluding hydrogens is 406 g/mol. The van der Waals surface area contributed by atoms with Gasteiger partial charge in [-0.1, -0.05) is 0 Å². The van der Waals surface area contributed by atoms with Crippen LogP contribution in [-0.2, 0) is 9.84 Å². The lowest BCUT2D eigenvalue weighted by molar-refractivity contribution is 0.272. The van der Waals surface area contributed by atoms with E-state index in [1.54, 1.807) is 0 Å². The average molecular weight is 426 g/mol. The van der Waals surface area contributed by atoms with Crippen molar-refractivity contribution in [2.24, 2.45) is 0 Å². The van der Waals surface area contributed by atoms with Crippen LogP contribution in [0.5, 0.6) is 5.75 Å². The van der Waals surface area contributed by atoms with Gasteiger partial charge in [0.25, 0.3) is 0 Å². The third kappa shape index (κ3) is 3.40. The average Bonchev–Trinajstić information content (AvgIpc) is 3.06. The van der Waals surface area contributed by atoms with Crippen LogP contribution >= 0.6 is 0 Å². The van der Waals surface area contributed by atoms with Gasteiger partial charge in [-0.25, -0.2) is 17.8 Å². The highest BCUT2D eigenvalue weighted by Gasteiger charge is 2.38. The number of ether oxygens (including phenoxy) is 1. The van der Waals surface area contributed by atoms with Crippen LogP contribution in [-0.4, -0.2) is 46.4 Å². The predicted octanol–water partition coefficient (Wildman–Crippen LogP) is 2.20. The molecule has 0 unspecified atom stereocenters. The number of aliphatic hydroxyl groups is 1. The summed E-state index contributed by atoms with van der Waals surface area (Å²) in [6.07, 6.45) is 2.49. The van der Waals surface area contributed by atoms with Crippen molar-refractivity contribution in [2.45, 2.75) is 29.9 Å². The SMILES string of the molecule is COc1cc2ncc(-c3cc(F)c(N)nc3F)n2cc1S(=O)(=O)C(C)(C)CCO. The van der Waals surface area contributed by atoms with Crippen LogP contribution in [0.15, 0.2) is 29.4 Å². The first kappa shape index (κ1) is 20.9. The number of halogens is 2. The standard InChI is InChI=1S/C18H20F2N4O4S/c1-18(2,4-5-25)29(26,27)14-9-24-12(8-22-15(24)7-13(14)28-3)10-6-11(19)17(21)23-16(10)20/h6-9,25H,4-5H2,1-3H3,(H2,21,23). The highest BCUT2D eigenvalue weighted by Crippen LogP contribution is 2.36. The molecule has 8 nitrogen and oxygen atoms in total. The maximum Gasteiger partial charge on any atom is 0.224 e. The lowest BCUT2D eigenvalue weighted by Crippen LogP contribution is -2.33. The molecule has 156 valence electrons. The highest BCUT2D eigenvalue weighted by molar-refractivity contribution is 7.92. The number of aliphatic hydroxyl groups excluding tert-OH is 1. The zero-order valence-electron chi connectivity index (χ0n) is 16.0. The van der Waals surface area contributed by atoms with E-state index in [9.17, 15) is 22.3 Å². The maximum atomic E-state index is 14.3. The van der Waals surface area contributed by atoms with E-state index in [2.05, 4.69) is 9.97 Å². The molecule has 0 aliphatic carbocycles. The fourth-order valence-electron chi connectivity index (χ4n) is 2.91. The van der Waals surface area contributed by atoms with Gasteiger partial charge >= 0.3 is 0 Å². The normalized spacial score (nSPS) is 12.5. The molecule has 0 bridgehead atoms. The van der Waals surface area contributed by atoms with Crippen molar-refractivity contribution in [1.82, 2.24) is 14.4 Å². The topological polar surface area (TPSA) is 120 Å². The van der Waals surface area contributed by atoms with Gasteiger partial charge in [0.1, 0.15) is 16.3 Å². The number of methoxy groups -OCH3 is 1. The molecule has 3 aromatic heterocycles. The lowest BCUT2D eigenvalue weighted by atomic mass is 10.1. The number of rotatable bonds is 6. The minimum atomic E-state index is -3.97. The van der Waals surface area contributed by atoms with Gasteiger partial charge in [-0.05, 0) is 26.3 Å². The summed E-state index contributed by atoms with van der Waals surface area (Å²) in [5, 5.41) is 9.24. The molecule has 3 N–H and O–H groups in total. The molecule has 29 heavy (non-hydrogen) atoms. The van der Waals surface area contributed by atoms with Crippen LogP contribution < -0.4 is 10.5 Å². The first-order chi connectivity index (χ1) is 13.5. The number of imidazole rings is 1. The molecule has 0 saturated heterocycles. The van der Waals surface area contributed by atoms with Crippen LogP contribution in [0.2, 0.25) is 0 Å². The number of aromatic nitrogens is 3. The molecule has 0 fully saturated rings. The first-order valence-corrected chi connectivity index (χ1v) is 10.0. The van der Waals surface area contributed by atoms with Crippen LogP contribution in [0.1, 0.15) is 20.3 Å². The molecule has 3 rings (SSSR count). The molecule has 3 heterocycles. The van der Waals surface area contributed by atoms with E-state index in [-0.39, 0.29) is 40.6 Å². The van der Waals surface area contributed by atoms with Crippen molar-refractivity contribution in [3.8, 4) is 17.0 Å². The molecular formula is C18H20F2N4O4S. The summed E-state index contributed by atoms with van der Waals surface area (Å²) in [7, 11) is -2.66. The summed E-state index contributed by atoms with van der Waals surface area (Å²) in [5.41, 5.74) is 5.40. The monoisotopic (exact) mass is 426 g/mol. The van der Waals surface area contributed by atoms with Gasteiger partial charge < -0.3 is 15.6 Å². The zero-order valence-corrected chi connectivity index (χ0v) is 16.8. The van der Waals surface area contributed by atoms with E-state index >= 15 is 0 Å². The van der Waals surface area contributed by atoms with Gasteiger partial charge in [-0.15, -0.1) is 0 Å². The Morgan fingerprint density at radius 1 is 1.31 bits per heavy atom. The molecule has 0 radical (unpaired) electrons. The fourth-order valence-corrected chi connectivity index (χ4v) is 4.51. The van der Waals surface area contributed by atoms with Gasteiger partial charge in [0.05, 0.1) is 29.3 Å².